The van der Waals surface area contributed by atoms with Crippen molar-refractivity contribution in [1.82, 2.24) is 4.57 Å². The van der Waals surface area contributed by atoms with Crippen LogP contribution in [0.4, 0.5) is 10.1 Å². The number of Topliss-reactive ketones (excluding diaryl/α,β-unsaturated/α-hetero) is 1. The van der Waals surface area contributed by atoms with Crippen molar-refractivity contribution in [1.29, 1.82) is 0 Å². The minimum atomic E-state index is -0.839. The predicted molar refractivity (Wildman–Crippen MR) is 125 cm³/mol. The van der Waals surface area contributed by atoms with E-state index in [0.717, 1.165) is 5.56 Å². The van der Waals surface area contributed by atoms with E-state index in [1.54, 1.807) is 59.2 Å². The number of anilines is 1. The lowest BCUT2D eigenvalue weighted by Gasteiger charge is -2.08. The van der Waals surface area contributed by atoms with Crippen molar-refractivity contribution in [2.24, 2.45) is 0 Å². The van der Waals surface area contributed by atoms with E-state index >= 15 is 0 Å². The van der Waals surface area contributed by atoms with Crippen molar-refractivity contribution >= 4 is 39.9 Å². The Morgan fingerprint density at radius 2 is 1.67 bits per heavy atom. The first-order valence-corrected chi connectivity index (χ1v) is 10.4. The van der Waals surface area contributed by atoms with Crippen LogP contribution in [0.25, 0.3) is 10.9 Å². The molecule has 1 aromatic heterocycles. The lowest BCUT2D eigenvalue weighted by molar-refractivity contribution is -0.112. The summed E-state index contributed by atoms with van der Waals surface area (Å²) in [6.45, 7) is 0.284. The number of hydrogen-bond acceptors (Lipinski definition) is 4. The molecule has 0 aliphatic heterocycles. The number of ether oxygens (including phenoxy) is 2. The second-order valence-corrected chi connectivity index (χ2v) is 7.63. The van der Waals surface area contributed by atoms with E-state index in [2.05, 4.69) is 5.32 Å². The molecule has 6 nitrogen and oxygen atoms in total. The molecule has 0 saturated heterocycles. The largest absolute Gasteiger partial charge is 0.497 e. The second kappa shape index (κ2) is 9.34. The molecule has 0 fully saturated rings. The number of amides is 1. The predicted octanol–water partition coefficient (Wildman–Crippen LogP) is 5.32. The Labute approximate surface area is 194 Å². The highest BCUT2D eigenvalue weighted by Crippen LogP contribution is 2.34. The summed E-state index contributed by atoms with van der Waals surface area (Å²) >= 11 is 6.65. The average molecular weight is 467 g/mol. The number of nitrogens with zero attached hydrogens (tertiary/aromatic N) is 1. The summed E-state index contributed by atoms with van der Waals surface area (Å²) in [6, 6.07) is 17.8. The van der Waals surface area contributed by atoms with Gasteiger partial charge in [0, 0.05) is 23.7 Å². The van der Waals surface area contributed by atoms with Crippen LogP contribution in [0.2, 0.25) is 5.15 Å². The zero-order valence-corrected chi connectivity index (χ0v) is 18.7. The number of rotatable bonds is 7. The summed E-state index contributed by atoms with van der Waals surface area (Å²) < 4.78 is 25.5. The number of carbonyl (C=O) groups excluding carboxylic acids is 2. The van der Waals surface area contributed by atoms with Crippen LogP contribution < -0.4 is 14.8 Å². The van der Waals surface area contributed by atoms with Crippen LogP contribution in [-0.4, -0.2) is 30.5 Å². The van der Waals surface area contributed by atoms with Crippen molar-refractivity contribution in [2.75, 3.05) is 19.5 Å². The van der Waals surface area contributed by atoms with Gasteiger partial charge in [-0.2, -0.15) is 0 Å². The van der Waals surface area contributed by atoms with Gasteiger partial charge >= 0.3 is 0 Å². The van der Waals surface area contributed by atoms with Gasteiger partial charge in [0.05, 0.1) is 25.3 Å². The van der Waals surface area contributed by atoms with Gasteiger partial charge in [-0.15, -0.1) is 0 Å². The summed E-state index contributed by atoms with van der Waals surface area (Å²) in [6.07, 6.45) is 0. The van der Waals surface area contributed by atoms with Gasteiger partial charge in [0.25, 0.3) is 11.7 Å². The Morgan fingerprint density at radius 3 is 2.36 bits per heavy atom. The first-order chi connectivity index (χ1) is 15.9. The Hall–Kier alpha value is -3.84. The van der Waals surface area contributed by atoms with Gasteiger partial charge in [-0.25, -0.2) is 4.39 Å². The number of carbonyl (C=O) groups is 2. The monoisotopic (exact) mass is 466 g/mol. The maximum Gasteiger partial charge on any atom is 0.296 e. The molecule has 3 aromatic carbocycles. The number of halogens is 2. The fraction of sp³-hybridized carbons (Fsp3) is 0.120. The molecule has 1 amide bonds. The summed E-state index contributed by atoms with van der Waals surface area (Å²) in [4.78, 5) is 26.0. The van der Waals surface area contributed by atoms with Crippen molar-refractivity contribution in [3.63, 3.8) is 0 Å². The van der Waals surface area contributed by atoms with E-state index in [0.29, 0.717) is 28.1 Å². The van der Waals surface area contributed by atoms with Crippen molar-refractivity contribution in [3.8, 4) is 11.5 Å². The number of nitrogens with one attached hydrogen (secondary N) is 1. The molecule has 0 spiro atoms. The van der Waals surface area contributed by atoms with Gasteiger partial charge in [-0.3, -0.25) is 9.59 Å². The van der Waals surface area contributed by atoms with E-state index in [9.17, 15) is 14.0 Å². The molecule has 0 aliphatic carbocycles. The molecule has 0 radical (unpaired) electrons. The van der Waals surface area contributed by atoms with E-state index in [4.69, 9.17) is 21.1 Å². The minimum Gasteiger partial charge on any atom is -0.497 e. The Balaban J connectivity index is 1.75. The van der Waals surface area contributed by atoms with Crippen molar-refractivity contribution in [2.45, 2.75) is 6.54 Å². The molecule has 0 aliphatic rings. The molecule has 1 N–H and O–H groups in total. The molecule has 0 unspecified atom stereocenters. The number of hydrogen-bond donors (Lipinski definition) is 1. The molecule has 8 heteroatoms. The fourth-order valence-electron chi connectivity index (χ4n) is 3.57. The molecule has 0 atom stereocenters. The number of aromatic nitrogens is 1. The van der Waals surface area contributed by atoms with Crippen LogP contribution in [0.5, 0.6) is 11.5 Å². The van der Waals surface area contributed by atoms with E-state index in [1.807, 2.05) is 0 Å². The highest BCUT2D eigenvalue weighted by Gasteiger charge is 2.27. The van der Waals surface area contributed by atoms with E-state index in [-0.39, 0.29) is 23.1 Å². The molecule has 0 saturated carbocycles. The normalized spacial score (nSPS) is 10.8. The summed E-state index contributed by atoms with van der Waals surface area (Å²) in [5.74, 6) is -0.927. The molecule has 168 valence electrons. The van der Waals surface area contributed by atoms with Crippen LogP contribution in [0.1, 0.15) is 15.9 Å². The summed E-state index contributed by atoms with van der Waals surface area (Å²) in [7, 11) is 3.02. The molecule has 33 heavy (non-hydrogen) atoms. The molecular weight excluding hydrogens is 447 g/mol. The maximum atomic E-state index is 13.3. The number of fused-ring (bicyclic) bond motifs is 1. The number of methoxy groups -OCH3 is 2. The van der Waals surface area contributed by atoms with Gasteiger partial charge in [0.2, 0.25) is 0 Å². The lowest BCUT2D eigenvalue weighted by atomic mass is 10.1. The van der Waals surface area contributed by atoms with Crippen LogP contribution in [0.3, 0.4) is 0 Å². The van der Waals surface area contributed by atoms with Gasteiger partial charge in [-0.05, 0) is 48.0 Å². The Morgan fingerprint density at radius 1 is 0.970 bits per heavy atom. The van der Waals surface area contributed by atoms with Gasteiger partial charge in [-0.1, -0.05) is 29.8 Å². The van der Waals surface area contributed by atoms with Gasteiger partial charge in [0.1, 0.15) is 22.5 Å². The third-order valence-corrected chi connectivity index (χ3v) is 5.61. The summed E-state index contributed by atoms with van der Waals surface area (Å²) in [5.41, 5.74) is 1.90. The lowest BCUT2D eigenvalue weighted by Crippen LogP contribution is -2.23. The zero-order valence-electron chi connectivity index (χ0n) is 17.9. The SMILES string of the molecule is COc1cccc(NC(=O)C(=O)c2c(Cl)n(Cc3ccc(F)cc3)c3ccc(OC)cc23)c1. The number of ketones is 1. The molecule has 1 heterocycles. The van der Waals surface area contributed by atoms with Crippen LogP contribution in [0, 0.1) is 5.82 Å². The number of benzene rings is 3. The topological polar surface area (TPSA) is 69.6 Å². The second-order valence-electron chi connectivity index (χ2n) is 7.28. The van der Waals surface area contributed by atoms with Crippen LogP contribution in [-0.2, 0) is 11.3 Å². The quantitative estimate of drug-likeness (QED) is 0.295. The smallest absolute Gasteiger partial charge is 0.296 e. The van der Waals surface area contributed by atoms with Crippen LogP contribution in [0.15, 0.2) is 66.7 Å². The molecular formula is C25H20ClFN2O4. The molecule has 4 aromatic rings. The third kappa shape index (κ3) is 4.54. The Kier molecular flexibility index (Phi) is 6.33. The maximum absolute atomic E-state index is 13.3. The first-order valence-electron chi connectivity index (χ1n) is 10.0. The molecule has 0 bridgehead atoms. The Bertz CT molecular complexity index is 1350. The van der Waals surface area contributed by atoms with Gasteiger partial charge in [0.15, 0.2) is 0 Å². The minimum absolute atomic E-state index is 0.0630. The van der Waals surface area contributed by atoms with E-state index in [1.165, 1.54) is 26.4 Å². The van der Waals surface area contributed by atoms with Gasteiger partial charge < -0.3 is 19.4 Å². The molecule has 4 rings (SSSR count). The highest BCUT2D eigenvalue weighted by molar-refractivity contribution is 6.51. The summed E-state index contributed by atoms with van der Waals surface area (Å²) in [5, 5.41) is 3.18. The fourth-order valence-corrected chi connectivity index (χ4v) is 3.91. The highest BCUT2D eigenvalue weighted by atomic mass is 35.5. The third-order valence-electron chi connectivity index (χ3n) is 5.22. The average Bonchev–Trinajstić information content (AvgIpc) is 3.10. The zero-order chi connectivity index (χ0) is 23.5. The van der Waals surface area contributed by atoms with Crippen molar-refractivity contribution < 1.29 is 23.5 Å². The van der Waals surface area contributed by atoms with Crippen molar-refractivity contribution in [3.05, 3.63) is 88.8 Å². The van der Waals surface area contributed by atoms with Crippen LogP contribution >= 0.6 is 11.6 Å². The standard InChI is InChI=1S/C25H20ClFN2O4/c1-32-18-5-3-4-17(12-18)28-25(31)23(30)22-20-13-19(33-2)10-11-21(20)29(24(22)26)14-15-6-8-16(27)9-7-15/h3-13H,14H2,1-2H3,(H,28,31). The first kappa shape index (κ1) is 22.4. The van der Waals surface area contributed by atoms with E-state index < -0.39 is 11.7 Å².